The number of rotatable bonds is 5. The lowest BCUT2D eigenvalue weighted by atomic mass is 9.89. The second kappa shape index (κ2) is 9.39. The first-order valence-corrected chi connectivity index (χ1v) is 10.5. The topological polar surface area (TPSA) is 99.8 Å². The molecule has 2 saturated heterocycles. The number of imide groups is 1. The SMILES string of the molecule is O=C1CCC(c2c(F)cc(N3CC(NC(=O)Nc4cccc(OC(F)(F)F)c4)C3)cc2F)C(=O)N1. The maximum absolute atomic E-state index is 14.7. The Morgan fingerprint density at radius 3 is 2.40 bits per heavy atom. The number of nitrogens with zero attached hydrogens (tertiary/aromatic N) is 1. The minimum atomic E-state index is -4.87. The van der Waals surface area contributed by atoms with E-state index in [4.69, 9.17) is 0 Å². The van der Waals surface area contributed by atoms with E-state index in [0.29, 0.717) is 0 Å². The van der Waals surface area contributed by atoms with E-state index in [1.54, 1.807) is 4.90 Å². The van der Waals surface area contributed by atoms with Gasteiger partial charge < -0.3 is 20.3 Å². The molecule has 2 fully saturated rings. The quantitative estimate of drug-likeness (QED) is 0.434. The van der Waals surface area contributed by atoms with Crippen LogP contribution in [0.1, 0.15) is 24.3 Å². The Hall–Kier alpha value is -3.90. The minimum absolute atomic E-state index is 0.00785. The predicted octanol–water partition coefficient (Wildman–Crippen LogP) is 3.39. The van der Waals surface area contributed by atoms with Crippen molar-refractivity contribution in [3.8, 4) is 5.75 Å². The molecule has 2 aliphatic heterocycles. The maximum Gasteiger partial charge on any atom is 0.573 e. The maximum atomic E-state index is 14.7. The molecule has 0 spiro atoms. The van der Waals surface area contributed by atoms with Gasteiger partial charge in [0.25, 0.3) is 0 Å². The first kappa shape index (κ1) is 24.2. The van der Waals surface area contributed by atoms with Gasteiger partial charge in [0.05, 0.1) is 12.0 Å². The molecule has 2 aliphatic rings. The largest absolute Gasteiger partial charge is 0.573 e. The normalized spacial score (nSPS) is 18.5. The number of amides is 4. The van der Waals surface area contributed by atoms with Crippen molar-refractivity contribution >= 4 is 29.2 Å². The van der Waals surface area contributed by atoms with E-state index in [-0.39, 0.29) is 43.3 Å². The van der Waals surface area contributed by atoms with Crippen LogP contribution in [0.5, 0.6) is 5.75 Å². The van der Waals surface area contributed by atoms with Crippen LogP contribution in [0, 0.1) is 11.6 Å². The van der Waals surface area contributed by atoms with Gasteiger partial charge in [-0.15, -0.1) is 13.2 Å². The molecule has 0 bridgehead atoms. The van der Waals surface area contributed by atoms with Crippen LogP contribution in [0.15, 0.2) is 36.4 Å². The predicted molar refractivity (Wildman–Crippen MR) is 113 cm³/mol. The Bertz CT molecular complexity index is 1140. The van der Waals surface area contributed by atoms with Crippen molar-refractivity contribution in [1.29, 1.82) is 0 Å². The molecular formula is C22H19F5N4O4. The van der Waals surface area contributed by atoms with E-state index in [2.05, 4.69) is 20.7 Å². The van der Waals surface area contributed by atoms with Crippen molar-refractivity contribution in [2.45, 2.75) is 31.2 Å². The second-order valence-corrected chi connectivity index (χ2v) is 8.10. The van der Waals surface area contributed by atoms with E-state index in [9.17, 15) is 36.3 Å². The Kier molecular flexibility index (Phi) is 6.50. The molecule has 4 amide bonds. The lowest BCUT2D eigenvalue weighted by Gasteiger charge is -2.41. The highest BCUT2D eigenvalue weighted by Crippen LogP contribution is 2.33. The molecular weight excluding hydrogens is 479 g/mol. The Morgan fingerprint density at radius 1 is 1.09 bits per heavy atom. The number of halogens is 5. The number of anilines is 2. The minimum Gasteiger partial charge on any atom is -0.406 e. The molecule has 0 aliphatic carbocycles. The smallest absolute Gasteiger partial charge is 0.406 e. The third-order valence-electron chi connectivity index (χ3n) is 5.56. The average molecular weight is 498 g/mol. The fraction of sp³-hybridized carbons (Fsp3) is 0.318. The van der Waals surface area contributed by atoms with Gasteiger partial charge in [-0.3, -0.25) is 14.9 Å². The summed E-state index contributed by atoms with van der Waals surface area (Å²) in [5, 5.41) is 7.07. The van der Waals surface area contributed by atoms with Gasteiger partial charge in [-0.25, -0.2) is 13.6 Å². The molecule has 3 N–H and O–H groups in total. The summed E-state index contributed by atoms with van der Waals surface area (Å²) in [6.45, 7) is 0.447. The van der Waals surface area contributed by atoms with Crippen LogP contribution >= 0.6 is 0 Å². The molecule has 0 radical (unpaired) electrons. The van der Waals surface area contributed by atoms with Gasteiger partial charge in [0.2, 0.25) is 11.8 Å². The number of hydrogen-bond acceptors (Lipinski definition) is 5. The highest BCUT2D eigenvalue weighted by molar-refractivity contribution is 6.01. The third kappa shape index (κ3) is 5.78. The van der Waals surface area contributed by atoms with Gasteiger partial charge in [0, 0.05) is 42.5 Å². The summed E-state index contributed by atoms with van der Waals surface area (Å²) in [5.41, 5.74) is -0.106. The fourth-order valence-corrected chi connectivity index (χ4v) is 3.96. The number of ether oxygens (including phenoxy) is 1. The summed E-state index contributed by atoms with van der Waals surface area (Å²) < 4.78 is 70.2. The summed E-state index contributed by atoms with van der Waals surface area (Å²) in [6.07, 6.45) is -4.87. The number of carbonyl (C=O) groups excluding carboxylic acids is 3. The zero-order valence-electron chi connectivity index (χ0n) is 17.9. The monoisotopic (exact) mass is 498 g/mol. The van der Waals surface area contributed by atoms with Gasteiger partial charge in [-0.05, 0) is 30.7 Å². The Labute approximate surface area is 195 Å². The van der Waals surface area contributed by atoms with Crippen LogP contribution in [0.3, 0.4) is 0 Å². The number of alkyl halides is 3. The van der Waals surface area contributed by atoms with E-state index in [1.165, 1.54) is 12.1 Å². The van der Waals surface area contributed by atoms with Crippen molar-refractivity contribution in [1.82, 2.24) is 10.6 Å². The average Bonchev–Trinajstić information content (AvgIpc) is 2.70. The Balaban J connectivity index is 1.32. The van der Waals surface area contributed by atoms with Crippen molar-refractivity contribution in [2.75, 3.05) is 23.3 Å². The summed E-state index contributed by atoms with van der Waals surface area (Å²) in [4.78, 5) is 37.0. The van der Waals surface area contributed by atoms with Gasteiger partial charge in [0.1, 0.15) is 17.4 Å². The molecule has 186 valence electrons. The van der Waals surface area contributed by atoms with Crippen molar-refractivity contribution in [3.63, 3.8) is 0 Å². The molecule has 4 rings (SSSR count). The highest BCUT2D eigenvalue weighted by Gasteiger charge is 2.35. The molecule has 13 heteroatoms. The van der Waals surface area contributed by atoms with Crippen LogP contribution in [0.25, 0.3) is 0 Å². The molecule has 0 saturated carbocycles. The van der Waals surface area contributed by atoms with Gasteiger partial charge >= 0.3 is 12.4 Å². The first-order valence-electron chi connectivity index (χ1n) is 10.5. The van der Waals surface area contributed by atoms with E-state index in [1.807, 2.05) is 0 Å². The molecule has 1 atom stereocenters. The molecule has 35 heavy (non-hydrogen) atoms. The molecule has 8 nitrogen and oxygen atoms in total. The van der Waals surface area contributed by atoms with Crippen LogP contribution in [-0.2, 0) is 9.59 Å². The summed E-state index contributed by atoms with van der Waals surface area (Å²) in [7, 11) is 0. The number of carbonyl (C=O) groups is 3. The third-order valence-corrected chi connectivity index (χ3v) is 5.56. The molecule has 2 aromatic rings. The van der Waals surface area contributed by atoms with Crippen LogP contribution in [-0.4, -0.2) is 43.3 Å². The van der Waals surface area contributed by atoms with E-state index < -0.39 is 53.1 Å². The van der Waals surface area contributed by atoms with E-state index >= 15 is 0 Å². The van der Waals surface area contributed by atoms with Crippen LogP contribution < -0.4 is 25.6 Å². The Morgan fingerprint density at radius 2 is 1.77 bits per heavy atom. The van der Waals surface area contributed by atoms with Crippen molar-refractivity contribution in [3.05, 3.63) is 53.6 Å². The molecule has 1 unspecified atom stereocenters. The molecule has 0 aromatic heterocycles. The lowest BCUT2D eigenvalue weighted by Crippen LogP contribution is -2.60. The number of hydrogen-bond donors (Lipinski definition) is 3. The highest BCUT2D eigenvalue weighted by atomic mass is 19.4. The molecule has 2 aromatic carbocycles. The zero-order chi connectivity index (χ0) is 25.3. The molecule has 2 heterocycles. The fourth-order valence-electron chi connectivity index (χ4n) is 3.96. The van der Waals surface area contributed by atoms with Crippen LogP contribution in [0.4, 0.5) is 38.1 Å². The number of benzene rings is 2. The summed E-state index contributed by atoms with van der Waals surface area (Å²) >= 11 is 0. The van der Waals surface area contributed by atoms with E-state index in [0.717, 1.165) is 24.3 Å². The zero-order valence-corrected chi connectivity index (χ0v) is 17.9. The van der Waals surface area contributed by atoms with Gasteiger partial charge in [-0.1, -0.05) is 6.07 Å². The van der Waals surface area contributed by atoms with Gasteiger partial charge in [-0.2, -0.15) is 0 Å². The standard InChI is InChI=1S/C22H19F5N4O4/c23-16-7-13(8-17(24)19(16)15-4-5-18(32)30-20(15)33)31-9-12(10-31)29-21(34)28-11-2-1-3-14(6-11)35-22(25,26)27/h1-3,6-8,12,15H,4-5,9-10H2,(H2,28,29,34)(H,30,32,33). The number of piperidine rings is 1. The van der Waals surface area contributed by atoms with Gasteiger partial charge in [0.15, 0.2) is 0 Å². The summed E-state index contributed by atoms with van der Waals surface area (Å²) in [6, 6.07) is 5.87. The summed E-state index contributed by atoms with van der Waals surface area (Å²) in [5.74, 6) is -4.66. The number of nitrogens with one attached hydrogen (secondary N) is 3. The van der Waals surface area contributed by atoms with Crippen LogP contribution in [0.2, 0.25) is 0 Å². The lowest BCUT2D eigenvalue weighted by molar-refractivity contribution is -0.274. The second-order valence-electron chi connectivity index (χ2n) is 8.10. The van der Waals surface area contributed by atoms with Crippen molar-refractivity contribution < 1.29 is 41.1 Å². The number of urea groups is 1. The van der Waals surface area contributed by atoms with Crippen molar-refractivity contribution in [2.24, 2.45) is 0 Å². The first-order chi connectivity index (χ1) is 16.5.